The van der Waals surface area contributed by atoms with Gasteiger partial charge in [0.15, 0.2) is 11.6 Å². The number of halogens is 2. The third-order valence-corrected chi connectivity index (χ3v) is 4.13. The molecule has 132 valence electrons. The van der Waals surface area contributed by atoms with E-state index in [1.54, 1.807) is 23.6 Å². The van der Waals surface area contributed by atoms with E-state index in [2.05, 4.69) is 10.3 Å². The van der Waals surface area contributed by atoms with Gasteiger partial charge in [0, 0.05) is 11.8 Å². The van der Waals surface area contributed by atoms with Gasteiger partial charge in [0.2, 0.25) is 0 Å². The van der Waals surface area contributed by atoms with Crippen LogP contribution in [0.4, 0.5) is 4.39 Å². The molecule has 1 amide bonds. The highest BCUT2D eigenvalue weighted by atomic mass is 35.5. The maximum absolute atomic E-state index is 13.6. The van der Waals surface area contributed by atoms with Crippen molar-refractivity contribution in [3.05, 3.63) is 46.2 Å². The second-order valence-corrected chi connectivity index (χ2v) is 5.90. The lowest BCUT2D eigenvalue weighted by Gasteiger charge is -2.18. The fraction of sp³-hybridized carbons (Fsp3) is 0.375. The van der Waals surface area contributed by atoms with Crippen molar-refractivity contribution in [3.63, 3.8) is 0 Å². The Morgan fingerprint density at radius 2 is 2.21 bits per heavy atom. The number of aromatic nitrogens is 1. The van der Waals surface area contributed by atoms with Crippen LogP contribution in [0.1, 0.15) is 28.8 Å². The van der Waals surface area contributed by atoms with Crippen LogP contribution in [0, 0.1) is 5.82 Å². The first kappa shape index (κ1) is 20.3. The minimum atomic E-state index is -0.414. The Morgan fingerprint density at radius 1 is 1.46 bits per heavy atom. The summed E-state index contributed by atoms with van der Waals surface area (Å²) in [7, 11) is 0. The zero-order valence-corrected chi connectivity index (χ0v) is 15.0. The summed E-state index contributed by atoms with van der Waals surface area (Å²) in [5.74, 6) is -0.490. The highest BCUT2D eigenvalue weighted by molar-refractivity contribution is 7.09. The molecule has 2 rings (SSSR count). The van der Waals surface area contributed by atoms with Crippen LogP contribution in [-0.2, 0) is 6.42 Å². The molecular formula is C16H21ClFN3O2S. The number of nitrogens with one attached hydrogen (secondary N) is 1. The number of carbonyl (C=O) groups is 1. The Morgan fingerprint density at radius 3 is 2.88 bits per heavy atom. The predicted octanol–water partition coefficient (Wildman–Crippen LogP) is 2.79. The van der Waals surface area contributed by atoms with E-state index in [0.717, 1.165) is 5.01 Å². The monoisotopic (exact) mass is 373 g/mol. The zero-order valence-electron chi connectivity index (χ0n) is 13.3. The predicted molar refractivity (Wildman–Crippen MR) is 95.6 cm³/mol. The summed E-state index contributed by atoms with van der Waals surface area (Å²) < 4.78 is 19.2. The molecule has 1 unspecified atom stereocenters. The van der Waals surface area contributed by atoms with Crippen molar-refractivity contribution in [2.45, 2.75) is 25.9 Å². The first-order chi connectivity index (χ1) is 11.1. The third-order valence-electron chi connectivity index (χ3n) is 3.22. The van der Waals surface area contributed by atoms with Gasteiger partial charge in [-0.2, -0.15) is 0 Å². The SMILES string of the molecule is CCC(CNC(=O)c1csc(CCN)n1)Oc1ccccc1F.Cl. The average Bonchev–Trinajstić information content (AvgIpc) is 3.02. The van der Waals surface area contributed by atoms with Crippen LogP contribution >= 0.6 is 23.7 Å². The lowest BCUT2D eigenvalue weighted by molar-refractivity contribution is 0.0920. The number of hydrogen-bond donors (Lipinski definition) is 2. The number of thiazole rings is 1. The summed E-state index contributed by atoms with van der Waals surface area (Å²) in [5.41, 5.74) is 5.84. The maximum Gasteiger partial charge on any atom is 0.270 e. The lowest BCUT2D eigenvalue weighted by atomic mass is 10.2. The van der Waals surface area contributed by atoms with Crippen LogP contribution in [0.3, 0.4) is 0 Å². The van der Waals surface area contributed by atoms with Crippen molar-refractivity contribution in [3.8, 4) is 5.75 Å². The van der Waals surface area contributed by atoms with E-state index in [0.29, 0.717) is 25.1 Å². The van der Waals surface area contributed by atoms with Crippen molar-refractivity contribution in [1.29, 1.82) is 0 Å². The summed E-state index contributed by atoms with van der Waals surface area (Å²) in [5, 5.41) is 5.32. The van der Waals surface area contributed by atoms with E-state index in [-0.39, 0.29) is 36.7 Å². The molecule has 3 N–H and O–H groups in total. The zero-order chi connectivity index (χ0) is 16.7. The molecular weight excluding hydrogens is 353 g/mol. The topological polar surface area (TPSA) is 77.2 Å². The molecule has 24 heavy (non-hydrogen) atoms. The molecule has 0 radical (unpaired) electrons. The molecule has 1 heterocycles. The first-order valence-electron chi connectivity index (χ1n) is 7.47. The second-order valence-electron chi connectivity index (χ2n) is 4.95. The van der Waals surface area contributed by atoms with Crippen molar-refractivity contribution < 1.29 is 13.9 Å². The van der Waals surface area contributed by atoms with Crippen LogP contribution in [0.5, 0.6) is 5.75 Å². The fourth-order valence-electron chi connectivity index (χ4n) is 1.94. The minimum absolute atomic E-state index is 0. The van der Waals surface area contributed by atoms with E-state index in [1.165, 1.54) is 17.4 Å². The minimum Gasteiger partial charge on any atom is -0.486 e. The molecule has 0 spiro atoms. The molecule has 0 aliphatic rings. The third kappa shape index (κ3) is 5.74. The van der Waals surface area contributed by atoms with Gasteiger partial charge in [0.05, 0.1) is 11.6 Å². The van der Waals surface area contributed by atoms with E-state index < -0.39 is 5.82 Å². The van der Waals surface area contributed by atoms with Crippen LogP contribution in [0.15, 0.2) is 29.6 Å². The van der Waals surface area contributed by atoms with Gasteiger partial charge in [-0.1, -0.05) is 19.1 Å². The van der Waals surface area contributed by atoms with Crippen molar-refractivity contribution in [2.75, 3.05) is 13.1 Å². The van der Waals surface area contributed by atoms with Gasteiger partial charge in [0.25, 0.3) is 5.91 Å². The molecule has 1 aromatic carbocycles. The van der Waals surface area contributed by atoms with E-state index in [9.17, 15) is 9.18 Å². The van der Waals surface area contributed by atoms with Gasteiger partial charge in [-0.05, 0) is 25.1 Å². The molecule has 2 aromatic rings. The molecule has 0 aliphatic heterocycles. The number of rotatable bonds is 8. The molecule has 1 atom stereocenters. The number of nitrogens with zero attached hydrogens (tertiary/aromatic N) is 1. The Hall–Kier alpha value is -1.70. The van der Waals surface area contributed by atoms with Gasteiger partial charge in [-0.15, -0.1) is 23.7 Å². The van der Waals surface area contributed by atoms with Crippen LogP contribution in [0.25, 0.3) is 0 Å². The van der Waals surface area contributed by atoms with Gasteiger partial charge in [-0.3, -0.25) is 4.79 Å². The standard InChI is InChI=1S/C16H20FN3O2S.ClH/c1-2-11(22-14-6-4-3-5-12(14)17)9-19-16(21)13-10-23-15(20-13)7-8-18;/h3-6,10-11H,2,7-9,18H2,1H3,(H,19,21);1H. The molecule has 8 heteroatoms. The maximum atomic E-state index is 13.6. The second kappa shape index (κ2) is 10.2. The molecule has 0 bridgehead atoms. The van der Waals surface area contributed by atoms with Crippen LogP contribution < -0.4 is 15.8 Å². The number of amides is 1. The van der Waals surface area contributed by atoms with E-state index >= 15 is 0 Å². The van der Waals surface area contributed by atoms with Crippen molar-refractivity contribution in [1.82, 2.24) is 10.3 Å². The van der Waals surface area contributed by atoms with Crippen LogP contribution in [-0.4, -0.2) is 30.1 Å². The largest absolute Gasteiger partial charge is 0.486 e. The number of carbonyl (C=O) groups excluding carboxylic acids is 1. The van der Waals surface area contributed by atoms with E-state index in [1.807, 2.05) is 6.92 Å². The Balaban J connectivity index is 0.00000288. The van der Waals surface area contributed by atoms with Crippen molar-refractivity contribution >= 4 is 29.7 Å². The van der Waals surface area contributed by atoms with Crippen LogP contribution in [0.2, 0.25) is 0 Å². The van der Waals surface area contributed by atoms with Gasteiger partial charge >= 0.3 is 0 Å². The summed E-state index contributed by atoms with van der Waals surface area (Å²) in [6.45, 7) is 2.70. The first-order valence-corrected chi connectivity index (χ1v) is 8.35. The van der Waals surface area contributed by atoms with Crippen molar-refractivity contribution in [2.24, 2.45) is 5.73 Å². The summed E-state index contributed by atoms with van der Waals surface area (Å²) >= 11 is 1.41. The normalized spacial score (nSPS) is 11.5. The highest BCUT2D eigenvalue weighted by Gasteiger charge is 2.15. The molecule has 0 saturated carbocycles. The lowest BCUT2D eigenvalue weighted by Crippen LogP contribution is -2.35. The molecule has 5 nitrogen and oxygen atoms in total. The number of ether oxygens (including phenoxy) is 1. The number of para-hydroxylation sites is 1. The summed E-state index contributed by atoms with van der Waals surface area (Å²) in [6, 6.07) is 6.22. The van der Waals surface area contributed by atoms with E-state index in [4.69, 9.17) is 10.5 Å². The van der Waals surface area contributed by atoms with Gasteiger partial charge in [0.1, 0.15) is 11.8 Å². The average molecular weight is 374 g/mol. The van der Waals surface area contributed by atoms with Gasteiger partial charge in [-0.25, -0.2) is 9.37 Å². The molecule has 0 aliphatic carbocycles. The number of benzene rings is 1. The fourth-order valence-corrected chi connectivity index (χ4v) is 2.73. The number of nitrogens with two attached hydrogens (primary N) is 1. The highest BCUT2D eigenvalue weighted by Crippen LogP contribution is 2.18. The Labute approximate surface area is 150 Å². The quantitative estimate of drug-likeness (QED) is 0.745. The Kier molecular flexibility index (Phi) is 8.67. The molecule has 1 aromatic heterocycles. The smallest absolute Gasteiger partial charge is 0.270 e. The molecule has 0 fully saturated rings. The van der Waals surface area contributed by atoms with Gasteiger partial charge < -0.3 is 15.8 Å². The molecule has 0 saturated heterocycles. The number of hydrogen-bond acceptors (Lipinski definition) is 5. The summed E-state index contributed by atoms with van der Waals surface area (Å²) in [4.78, 5) is 16.3. The Bertz CT molecular complexity index is 654. The summed E-state index contributed by atoms with van der Waals surface area (Å²) in [6.07, 6.45) is 0.994.